The van der Waals surface area contributed by atoms with E-state index in [1.54, 1.807) is 12.3 Å². The van der Waals surface area contributed by atoms with Crippen LogP contribution in [0.1, 0.15) is 15.9 Å². The van der Waals surface area contributed by atoms with E-state index in [0.717, 1.165) is 49.6 Å². The monoisotopic (exact) mass is 323 g/mol. The van der Waals surface area contributed by atoms with E-state index >= 15 is 0 Å². The van der Waals surface area contributed by atoms with Gasteiger partial charge in [0.2, 0.25) is 0 Å². The lowest BCUT2D eigenvalue weighted by atomic mass is 10.0. The zero-order valence-electron chi connectivity index (χ0n) is 13.9. The fourth-order valence-electron chi connectivity index (χ4n) is 3.32. The first-order valence-electron chi connectivity index (χ1n) is 8.41. The number of benzene rings is 1. The van der Waals surface area contributed by atoms with Crippen molar-refractivity contribution in [3.63, 3.8) is 0 Å². The number of carbonyl (C=O) groups excluding carboxylic acids is 1. The molecule has 1 amide bonds. The van der Waals surface area contributed by atoms with Crippen LogP contribution in [0.3, 0.4) is 0 Å². The van der Waals surface area contributed by atoms with Gasteiger partial charge in [0, 0.05) is 49.9 Å². The summed E-state index contributed by atoms with van der Waals surface area (Å²) in [4.78, 5) is 21.4. The summed E-state index contributed by atoms with van der Waals surface area (Å²) in [6.07, 6.45) is 2.65. The first-order chi connectivity index (χ1) is 11.7. The molecule has 2 aliphatic rings. The molecule has 0 bridgehead atoms. The minimum absolute atomic E-state index is 0.0836. The van der Waals surface area contributed by atoms with Crippen LogP contribution in [0.4, 0.5) is 0 Å². The predicted octanol–water partition coefficient (Wildman–Crippen LogP) is 2.07. The maximum absolute atomic E-state index is 12.8. The van der Waals surface area contributed by atoms with Crippen LogP contribution >= 0.6 is 0 Å². The highest BCUT2D eigenvalue weighted by Crippen LogP contribution is 2.36. The Labute approximate surface area is 141 Å². The van der Waals surface area contributed by atoms with E-state index in [-0.39, 0.29) is 5.91 Å². The smallest absolute Gasteiger partial charge is 0.254 e. The predicted molar refractivity (Wildman–Crippen MR) is 92.3 cm³/mol. The molecule has 1 saturated heterocycles. The average molecular weight is 323 g/mol. The summed E-state index contributed by atoms with van der Waals surface area (Å²) >= 11 is 0. The Kier molecular flexibility index (Phi) is 3.94. The molecule has 3 heterocycles. The van der Waals surface area contributed by atoms with Crippen LogP contribution in [0.15, 0.2) is 36.5 Å². The number of aromatic nitrogens is 1. The summed E-state index contributed by atoms with van der Waals surface area (Å²) in [5.41, 5.74) is 3.68. The fraction of sp³-hybridized carbons (Fsp3) is 0.368. The molecule has 2 aliphatic heterocycles. The van der Waals surface area contributed by atoms with Crippen LogP contribution in [-0.4, -0.2) is 60.5 Å². The van der Waals surface area contributed by atoms with Crippen LogP contribution in [0.2, 0.25) is 0 Å². The molecule has 1 fully saturated rings. The zero-order valence-corrected chi connectivity index (χ0v) is 13.9. The second-order valence-electron chi connectivity index (χ2n) is 6.42. The van der Waals surface area contributed by atoms with Gasteiger partial charge in [-0.25, -0.2) is 0 Å². The molecule has 5 nitrogen and oxygen atoms in total. The number of ether oxygens (including phenoxy) is 1. The molecule has 1 aromatic carbocycles. The van der Waals surface area contributed by atoms with E-state index in [9.17, 15) is 4.79 Å². The van der Waals surface area contributed by atoms with E-state index in [1.807, 2.05) is 23.1 Å². The van der Waals surface area contributed by atoms with E-state index in [2.05, 4.69) is 23.0 Å². The largest absolute Gasteiger partial charge is 0.492 e. The highest BCUT2D eigenvalue weighted by Gasteiger charge is 2.22. The average Bonchev–Trinajstić information content (AvgIpc) is 3.10. The highest BCUT2D eigenvalue weighted by atomic mass is 16.5. The number of rotatable bonds is 2. The Hall–Kier alpha value is -2.40. The standard InChI is InChI=1S/C19H21N3O2/c1-21-8-10-22(11-9-21)19(23)15-5-7-20-17(13-15)16-4-2-3-14-6-12-24-18(14)16/h2-5,7,13H,6,8-12H2,1H3. The number of amides is 1. The molecule has 0 saturated carbocycles. The first kappa shape index (κ1) is 15.1. The topological polar surface area (TPSA) is 45.7 Å². The van der Waals surface area contributed by atoms with E-state index < -0.39 is 0 Å². The number of nitrogens with zero attached hydrogens (tertiary/aromatic N) is 3. The summed E-state index contributed by atoms with van der Waals surface area (Å²) in [6.45, 7) is 4.10. The van der Waals surface area contributed by atoms with Crippen LogP contribution in [0.5, 0.6) is 5.75 Å². The minimum atomic E-state index is 0.0836. The van der Waals surface area contributed by atoms with Crippen LogP contribution in [0.25, 0.3) is 11.3 Å². The Morgan fingerprint density at radius 3 is 2.83 bits per heavy atom. The van der Waals surface area contributed by atoms with Gasteiger partial charge in [-0.15, -0.1) is 0 Å². The van der Waals surface area contributed by atoms with E-state index in [1.165, 1.54) is 5.56 Å². The minimum Gasteiger partial charge on any atom is -0.492 e. The van der Waals surface area contributed by atoms with Gasteiger partial charge in [0.25, 0.3) is 5.91 Å². The number of pyridine rings is 1. The Morgan fingerprint density at radius 1 is 1.17 bits per heavy atom. The Bertz CT molecular complexity index is 767. The summed E-state index contributed by atoms with van der Waals surface area (Å²) in [7, 11) is 2.09. The number of para-hydroxylation sites is 1. The van der Waals surface area contributed by atoms with Gasteiger partial charge in [-0.3, -0.25) is 9.78 Å². The third-order valence-electron chi connectivity index (χ3n) is 4.79. The molecule has 0 N–H and O–H groups in total. The number of carbonyl (C=O) groups is 1. The summed E-state index contributed by atoms with van der Waals surface area (Å²) in [5, 5.41) is 0. The third-order valence-corrected chi connectivity index (χ3v) is 4.79. The number of hydrogen-bond acceptors (Lipinski definition) is 4. The van der Waals surface area contributed by atoms with Gasteiger partial charge in [0.15, 0.2) is 0 Å². The van der Waals surface area contributed by atoms with Gasteiger partial charge in [0.1, 0.15) is 5.75 Å². The van der Waals surface area contributed by atoms with Crippen molar-refractivity contribution >= 4 is 5.91 Å². The molecular weight excluding hydrogens is 302 g/mol. The lowest BCUT2D eigenvalue weighted by molar-refractivity contribution is 0.0664. The summed E-state index contributed by atoms with van der Waals surface area (Å²) in [6, 6.07) is 9.81. The molecule has 124 valence electrons. The fourth-order valence-corrected chi connectivity index (χ4v) is 3.32. The van der Waals surface area contributed by atoms with E-state index in [0.29, 0.717) is 12.2 Å². The molecule has 1 aromatic heterocycles. The van der Waals surface area contributed by atoms with Crippen LogP contribution < -0.4 is 4.74 Å². The van der Waals surface area contributed by atoms with Crippen molar-refractivity contribution in [1.29, 1.82) is 0 Å². The zero-order chi connectivity index (χ0) is 16.5. The number of fused-ring (bicyclic) bond motifs is 1. The second-order valence-corrected chi connectivity index (χ2v) is 6.42. The van der Waals surface area contributed by atoms with E-state index in [4.69, 9.17) is 4.74 Å². The Balaban J connectivity index is 1.63. The highest BCUT2D eigenvalue weighted by molar-refractivity contribution is 5.95. The van der Waals surface area contributed by atoms with Gasteiger partial charge in [-0.2, -0.15) is 0 Å². The summed E-state index contributed by atoms with van der Waals surface area (Å²) in [5.74, 6) is 0.995. The molecule has 2 aromatic rings. The number of hydrogen-bond donors (Lipinski definition) is 0. The normalized spacial score (nSPS) is 17.5. The van der Waals surface area contributed by atoms with Gasteiger partial charge >= 0.3 is 0 Å². The first-order valence-corrected chi connectivity index (χ1v) is 8.41. The molecule has 0 unspecified atom stereocenters. The van der Waals surface area contributed by atoms with Crippen molar-refractivity contribution in [1.82, 2.24) is 14.8 Å². The second kappa shape index (κ2) is 6.24. The quantitative estimate of drug-likeness (QED) is 0.849. The molecule has 5 heteroatoms. The molecule has 0 aliphatic carbocycles. The molecule has 0 spiro atoms. The van der Waals surface area contributed by atoms with Crippen molar-refractivity contribution in [3.8, 4) is 17.0 Å². The maximum atomic E-state index is 12.8. The third kappa shape index (κ3) is 2.76. The van der Waals surface area contributed by atoms with Gasteiger partial charge < -0.3 is 14.5 Å². The molecule has 4 rings (SSSR count). The van der Waals surface area contributed by atoms with Gasteiger partial charge in [0.05, 0.1) is 12.3 Å². The van der Waals surface area contributed by atoms with Gasteiger partial charge in [-0.1, -0.05) is 12.1 Å². The summed E-state index contributed by atoms with van der Waals surface area (Å²) < 4.78 is 5.77. The molecular formula is C19H21N3O2. The number of piperazine rings is 1. The maximum Gasteiger partial charge on any atom is 0.254 e. The van der Waals surface area contributed by atoms with Crippen LogP contribution in [-0.2, 0) is 6.42 Å². The van der Waals surface area contributed by atoms with Crippen molar-refractivity contribution in [2.24, 2.45) is 0 Å². The molecule has 24 heavy (non-hydrogen) atoms. The molecule has 0 atom stereocenters. The lowest BCUT2D eigenvalue weighted by Crippen LogP contribution is -2.47. The van der Waals surface area contributed by atoms with Gasteiger partial charge in [-0.05, 0) is 30.8 Å². The van der Waals surface area contributed by atoms with Crippen molar-refractivity contribution < 1.29 is 9.53 Å². The van der Waals surface area contributed by atoms with Crippen molar-refractivity contribution in [2.75, 3.05) is 39.8 Å². The SMILES string of the molecule is CN1CCN(C(=O)c2ccnc(-c3cccc4c3OCC4)c2)CC1. The van der Waals surface area contributed by atoms with Crippen LogP contribution in [0, 0.1) is 0 Å². The van der Waals surface area contributed by atoms with Crippen molar-refractivity contribution in [3.05, 3.63) is 47.7 Å². The molecule has 0 radical (unpaired) electrons. The number of likely N-dealkylation sites (N-methyl/N-ethyl adjacent to an activating group) is 1. The van der Waals surface area contributed by atoms with Crippen molar-refractivity contribution in [2.45, 2.75) is 6.42 Å². The Morgan fingerprint density at radius 2 is 2.00 bits per heavy atom. The lowest BCUT2D eigenvalue weighted by Gasteiger charge is -2.32.